The molecule has 4 nitrogen and oxygen atoms in total. The van der Waals surface area contributed by atoms with Crippen molar-refractivity contribution in [3.05, 3.63) is 158 Å². The second-order valence-electron chi connectivity index (χ2n) is 10.7. The summed E-state index contributed by atoms with van der Waals surface area (Å²) in [6.45, 7) is 0. The Bertz CT molecular complexity index is 2190. The van der Waals surface area contributed by atoms with Crippen LogP contribution in [-0.2, 0) is 0 Å². The van der Waals surface area contributed by atoms with Gasteiger partial charge < -0.3 is 0 Å². The molecular weight excluding hydrogens is 536 g/mol. The number of pyridine rings is 1. The van der Waals surface area contributed by atoms with Crippen molar-refractivity contribution in [2.45, 2.75) is 0 Å². The number of nitrogens with zero attached hydrogens (tertiary/aromatic N) is 4. The minimum Gasteiger partial charge on any atom is -0.248 e. The maximum absolute atomic E-state index is 5.12. The Morgan fingerprint density at radius 2 is 0.841 bits per heavy atom. The van der Waals surface area contributed by atoms with Gasteiger partial charge in [-0.3, -0.25) is 0 Å². The molecule has 0 atom stereocenters. The molecule has 8 aromatic rings. The molecule has 2 heterocycles. The maximum Gasteiger partial charge on any atom is 0.164 e. The van der Waals surface area contributed by atoms with Crippen molar-refractivity contribution < 1.29 is 0 Å². The molecule has 2 aromatic heterocycles. The number of hydrogen-bond acceptors (Lipinski definition) is 4. The Labute approximate surface area is 255 Å². The minimum absolute atomic E-state index is 0.639. The van der Waals surface area contributed by atoms with Gasteiger partial charge in [0.2, 0.25) is 0 Å². The van der Waals surface area contributed by atoms with Crippen LogP contribution in [0.2, 0.25) is 0 Å². The molecule has 0 radical (unpaired) electrons. The summed E-state index contributed by atoms with van der Waals surface area (Å²) in [5.41, 5.74) is 8.17. The summed E-state index contributed by atoms with van der Waals surface area (Å²) >= 11 is 0. The normalized spacial score (nSPS) is 11.2. The summed E-state index contributed by atoms with van der Waals surface area (Å²) < 4.78 is 0. The average molecular weight is 563 g/mol. The largest absolute Gasteiger partial charge is 0.248 e. The standard InChI is InChI=1S/C40H26N4/c1-5-13-27(14-6-1)34-26-36(28-15-7-2-8-16-28)41-35-24-22-31-25-32(21-23-33(31)37(34)35)40-43-38(29-17-9-3-10-18-29)42-39(44-40)30-19-11-4-12-20-30/h1-26H. The molecule has 0 fully saturated rings. The number of aromatic nitrogens is 4. The molecule has 0 aliphatic rings. The Hall–Kier alpha value is -6.00. The van der Waals surface area contributed by atoms with Crippen molar-refractivity contribution in [2.24, 2.45) is 0 Å². The molecule has 0 bridgehead atoms. The molecule has 8 rings (SSSR count). The summed E-state index contributed by atoms with van der Waals surface area (Å²) in [7, 11) is 0. The molecule has 0 spiro atoms. The zero-order valence-corrected chi connectivity index (χ0v) is 23.8. The van der Waals surface area contributed by atoms with E-state index in [4.69, 9.17) is 19.9 Å². The van der Waals surface area contributed by atoms with Crippen LogP contribution in [0.4, 0.5) is 0 Å². The van der Waals surface area contributed by atoms with Crippen LogP contribution in [0.1, 0.15) is 0 Å². The van der Waals surface area contributed by atoms with Gasteiger partial charge in [0, 0.05) is 27.6 Å². The lowest BCUT2D eigenvalue weighted by Crippen LogP contribution is -2.00. The third kappa shape index (κ3) is 4.79. The number of hydrogen-bond donors (Lipinski definition) is 0. The predicted octanol–water partition coefficient (Wildman–Crippen LogP) is 9.91. The highest BCUT2D eigenvalue weighted by Crippen LogP contribution is 2.37. The van der Waals surface area contributed by atoms with Crippen molar-refractivity contribution in [1.82, 2.24) is 19.9 Å². The van der Waals surface area contributed by atoms with Gasteiger partial charge in [0.05, 0.1) is 11.2 Å². The first-order valence-electron chi connectivity index (χ1n) is 14.7. The highest BCUT2D eigenvalue weighted by molar-refractivity contribution is 6.14. The first-order chi connectivity index (χ1) is 21.8. The van der Waals surface area contributed by atoms with Crippen molar-refractivity contribution in [3.63, 3.8) is 0 Å². The summed E-state index contributed by atoms with van der Waals surface area (Å²) in [6.07, 6.45) is 0. The Balaban J connectivity index is 1.33. The molecule has 6 aromatic carbocycles. The smallest absolute Gasteiger partial charge is 0.164 e. The molecule has 44 heavy (non-hydrogen) atoms. The molecule has 0 N–H and O–H groups in total. The highest BCUT2D eigenvalue weighted by Gasteiger charge is 2.16. The van der Waals surface area contributed by atoms with Gasteiger partial charge in [-0.05, 0) is 40.1 Å². The van der Waals surface area contributed by atoms with Crippen LogP contribution in [0.15, 0.2) is 158 Å². The van der Waals surface area contributed by atoms with Crippen molar-refractivity contribution in [3.8, 4) is 56.5 Å². The molecule has 0 aliphatic heterocycles. The quantitative estimate of drug-likeness (QED) is 0.196. The van der Waals surface area contributed by atoms with Crippen molar-refractivity contribution in [2.75, 3.05) is 0 Å². The molecule has 0 saturated carbocycles. The van der Waals surface area contributed by atoms with E-state index >= 15 is 0 Å². The molecule has 206 valence electrons. The minimum atomic E-state index is 0.639. The first-order valence-corrected chi connectivity index (χ1v) is 14.7. The highest BCUT2D eigenvalue weighted by atomic mass is 15.0. The summed E-state index contributed by atoms with van der Waals surface area (Å²) in [5.74, 6) is 1.94. The molecule has 0 unspecified atom stereocenters. The Morgan fingerprint density at radius 3 is 1.41 bits per heavy atom. The third-order valence-corrected chi connectivity index (χ3v) is 7.90. The van der Waals surface area contributed by atoms with Gasteiger partial charge in [-0.1, -0.05) is 140 Å². The zero-order valence-electron chi connectivity index (χ0n) is 23.8. The average Bonchev–Trinajstić information content (AvgIpc) is 3.12. The Morgan fingerprint density at radius 1 is 0.341 bits per heavy atom. The first kappa shape index (κ1) is 25.7. The fraction of sp³-hybridized carbons (Fsp3) is 0. The maximum atomic E-state index is 5.12. The van der Waals surface area contributed by atoms with E-state index in [-0.39, 0.29) is 0 Å². The van der Waals surface area contributed by atoms with E-state index in [0.29, 0.717) is 17.5 Å². The van der Waals surface area contributed by atoms with Crippen molar-refractivity contribution >= 4 is 21.7 Å². The molecule has 0 amide bonds. The number of rotatable bonds is 5. The summed E-state index contributed by atoms with van der Waals surface area (Å²) in [6, 6.07) is 54.0. The van der Waals surface area contributed by atoms with E-state index in [0.717, 1.165) is 60.8 Å². The summed E-state index contributed by atoms with van der Waals surface area (Å²) in [5, 5.41) is 3.37. The lowest BCUT2D eigenvalue weighted by molar-refractivity contribution is 1.07. The van der Waals surface area contributed by atoms with Crippen LogP contribution in [0.3, 0.4) is 0 Å². The number of benzene rings is 6. The van der Waals surface area contributed by atoms with Gasteiger partial charge in [0.25, 0.3) is 0 Å². The monoisotopic (exact) mass is 562 g/mol. The zero-order chi connectivity index (χ0) is 29.3. The fourth-order valence-corrected chi connectivity index (χ4v) is 5.74. The van der Waals surface area contributed by atoms with Crippen LogP contribution < -0.4 is 0 Å². The molecule has 4 heteroatoms. The Kier molecular flexibility index (Phi) is 6.43. The van der Waals surface area contributed by atoms with Crippen LogP contribution in [0, 0.1) is 0 Å². The number of fused-ring (bicyclic) bond motifs is 3. The fourth-order valence-electron chi connectivity index (χ4n) is 5.74. The van der Waals surface area contributed by atoms with Gasteiger partial charge >= 0.3 is 0 Å². The van der Waals surface area contributed by atoms with E-state index < -0.39 is 0 Å². The molecule has 0 saturated heterocycles. The lowest BCUT2D eigenvalue weighted by Gasteiger charge is -2.14. The van der Waals surface area contributed by atoms with Crippen LogP contribution >= 0.6 is 0 Å². The van der Waals surface area contributed by atoms with Crippen LogP contribution in [-0.4, -0.2) is 19.9 Å². The topological polar surface area (TPSA) is 51.6 Å². The lowest BCUT2D eigenvalue weighted by atomic mass is 9.94. The molecular formula is C40H26N4. The van der Waals surface area contributed by atoms with Gasteiger partial charge in [-0.25, -0.2) is 19.9 Å². The van der Waals surface area contributed by atoms with E-state index in [1.807, 2.05) is 66.7 Å². The van der Waals surface area contributed by atoms with Gasteiger partial charge in [0.15, 0.2) is 17.5 Å². The van der Waals surface area contributed by atoms with Gasteiger partial charge in [-0.2, -0.15) is 0 Å². The predicted molar refractivity (Wildman–Crippen MR) is 180 cm³/mol. The summed E-state index contributed by atoms with van der Waals surface area (Å²) in [4.78, 5) is 19.9. The van der Waals surface area contributed by atoms with Gasteiger partial charge in [-0.15, -0.1) is 0 Å². The molecule has 0 aliphatic carbocycles. The van der Waals surface area contributed by atoms with E-state index in [2.05, 4.69) is 91.0 Å². The van der Waals surface area contributed by atoms with E-state index in [9.17, 15) is 0 Å². The second-order valence-corrected chi connectivity index (χ2v) is 10.7. The second kappa shape index (κ2) is 11.0. The van der Waals surface area contributed by atoms with E-state index in [1.165, 1.54) is 0 Å². The van der Waals surface area contributed by atoms with Crippen LogP contribution in [0.25, 0.3) is 78.2 Å². The van der Waals surface area contributed by atoms with Crippen molar-refractivity contribution in [1.29, 1.82) is 0 Å². The van der Waals surface area contributed by atoms with Crippen LogP contribution in [0.5, 0.6) is 0 Å². The SMILES string of the molecule is c1ccc(-c2cc(-c3ccccc3)c3c(ccc4cc(-c5nc(-c6ccccc6)nc(-c6ccccc6)n5)ccc43)n2)cc1. The third-order valence-electron chi connectivity index (χ3n) is 7.90. The van der Waals surface area contributed by atoms with E-state index in [1.54, 1.807) is 0 Å². The van der Waals surface area contributed by atoms with Gasteiger partial charge in [0.1, 0.15) is 0 Å².